The summed E-state index contributed by atoms with van der Waals surface area (Å²) in [5.74, 6) is -0.165. The highest BCUT2D eigenvalue weighted by Gasteiger charge is 2.26. The van der Waals surface area contributed by atoms with Gasteiger partial charge in [0.15, 0.2) is 0 Å². The largest absolute Gasteiger partial charge is 0.506 e. The number of thiophene rings is 1. The van der Waals surface area contributed by atoms with E-state index < -0.39 is 5.97 Å². The van der Waals surface area contributed by atoms with Gasteiger partial charge in [0.05, 0.1) is 24.7 Å². The summed E-state index contributed by atoms with van der Waals surface area (Å²) in [7, 11) is 1.31. The molecule has 1 aliphatic rings. The average molecular weight is 457 g/mol. The number of hydrogen-bond donors (Lipinski definition) is 3. The molecule has 1 amide bonds. The van der Waals surface area contributed by atoms with Crippen molar-refractivity contribution in [3.8, 4) is 5.75 Å². The van der Waals surface area contributed by atoms with Gasteiger partial charge in [-0.2, -0.15) is 0 Å². The van der Waals surface area contributed by atoms with Crippen molar-refractivity contribution in [3.63, 3.8) is 0 Å². The maximum absolute atomic E-state index is 12.6. The van der Waals surface area contributed by atoms with Crippen LogP contribution in [-0.2, 0) is 16.1 Å². The molecule has 168 valence electrons. The lowest BCUT2D eigenvalue weighted by Gasteiger charge is -2.30. The van der Waals surface area contributed by atoms with Crippen molar-refractivity contribution >= 4 is 39.1 Å². The van der Waals surface area contributed by atoms with E-state index in [0.29, 0.717) is 64.6 Å². The highest BCUT2D eigenvalue weighted by Crippen LogP contribution is 2.28. The third-order valence-electron chi connectivity index (χ3n) is 5.71. The molecule has 0 spiro atoms. The number of aryl methyl sites for hydroxylation is 1. The standard InChI is InChI=1S/C22H24N4O5S/c1-12-17-20(29)24-16(25-21(17)32-18(12)22(30)31-2)11-26-9-7-13(8-10-26)19(28)23-14-5-3-4-6-15(14)27/h3-6,13,27H,7-11H2,1-2H3,(H,23,28)(H,24,25,29). The predicted molar refractivity (Wildman–Crippen MR) is 121 cm³/mol. The molecule has 4 rings (SSSR count). The van der Waals surface area contributed by atoms with Crippen LogP contribution in [0.1, 0.15) is 33.9 Å². The molecule has 32 heavy (non-hydrogen) atoms. The van der Waals surface area contributed by atoms with Crippen molar-refractivity contribution in [2.24, 2.45) is 5.92 Å². The summed E-state index contributed by atoms with van der Waals surface area (Å²) in [6.45, 7) is 3.52. The molecule has 3 aromatic rings. The Hall–Kier alpha value is -3.24. The van der Waals surface area contributed by atoms with Gasteiger partial charge in [0, 0.05) is 5.92 Å². The summed E-state index contributed by atoms with van der Waals surface area (Å²) in [6.07, 6.45) is 1.33. The predicted octanol–water partition coefficient (Wildman–Crippen LogP) is 2.64. The lowest BCUT2D eigenvalue weighted by atomic mass is 9.95. The maximum Gasteiger partial charge on any atom is 0.348 e. The first-order valence-corrected chi connectivity index (χ1v) is 11.1. The Kier molecular flexibility index (Phi) is 6.24. The van der Waals surface area contributed by atoms with Gasteiger partial charge in [-0.1, -0.05) is 12.1 Å². The van der Waals surface area contributed by atoms with Gasteiger partial charge in [0.1, 0.15) is 21.3 Å². The van der Waals surface area contributed by atoms with E-state index in [4.69, 9.17) is 4.74 Å². The second-order valence-corrected chi connectivity index (χ2v) is 8.80. The van der Waals surface area contributed by atoms with Gasteiger partial charge in [-0.3, -0.25) is 14.5 Å². The molecular weight excluding hydrogens is 432 g/mol. The number of nitrogens with zero attached hydrogens (tertiary/aromatic N) is 2. The second-order valence-electron chi connectivity index (χ2n) is 7.80. The third-order valence-corrected chi connectivity index (χ3v) is 6.88. The number of carbonyl (C=O) groups excluding carboxylic acids is 2. The van der Waals surface area contributed by atoms with E-state index in [2.05, 4.69) is 20.2 Å². The quantitative estimate of drug-likeness (QED) is 0.398. The number of ether oxygens (including phenoxy) is 1. The van der Waals surface area contributed by atoms with Crippen LogP contribution in [-0.4, -0.2) is 52.1 Å². The number of anilines is 1. The number of methoxy groups -OCH3 is 1. The maximum atomic E-state index is 12.6. The van der Waals surface area contributed by atoms with Crippen molar-refractivity contribution in [1.29, 1.82) is 0 Å². The van der Waals surface area contributed by atoms with E-state index in [1.807, 2.05) is 0 Å². The topological polar surface area (TPSA) is 125 Å². The number of likely N-dealkylation sites (tertiary alicyclic amines) is 1. The first-order chi connectivity index (χ1) is 15.4. The Morgan fingerprint density at radius 1 is 1.31 bits per heavy atom. The van der Waals surface area contributed by atoms with Crippen LogP contribution in [0.2, 0.25) is 0 Å². The van der Waals surface area contributed by atoms with Gasteiger partial charge in [-0.05, 0) is 50.6 Å². The summed E-state index contributed by atoms with van der Waals surface area (Å²) in [4.78, 5) is 47.5. The molecule has 0 unspecified atom stereocenters. The van der Waals surface area contributed by atoms with E-state index in [-0.39, 0.29) is 23.1 Å². The summed E-state index contributed by atoms with van der Waals surface area (Å²) in [6, 6.07) is 6.66. The molecule has 10 heteroatoms. The van der Waals surface area contributed by atoms with Gasteiger partial charge in [-0.25, -0.2) is 9.78 Å². The summed E-state index contributed by atoms with van der Waals surface area (Å²) < 4.78 is 4.79. The Bertz CT molecular complexity index is 1230. The molecule has 1 aromatic carbocycles. The monoisotopic (exact) mass is 456 g/mol. The third kappa shape index (κ3) is 4.37. The number of esters is 1. The molecule has 0 aliphatic carbocycles. The highest BCUT2D eigenvalue weighted by atomic mass is 32.1. The van der Waals surface area contributed by atoms with Crippen LogP contribution in [0.25, 0.3) is 10.2 Å². The molecule has 1 saturated heterocycles. The number of carbonyl (C=O) groups is 2. The molecular formula is C22H24N4O5S. The lowest BCUT2D eigenvalue weighted by molar-refractivity contribution is -0.121. The number of piperidine rings is 1. The van der Waals surface area contributed by atoms with E-state index in [1.165, 1.54) is 13.2 Å². The van der Waals surface area contributed by atoms with Crippen molar-refractivity contribution in [2.45, 2.75) is 26.3 Å². The van der Waals surface area contributed by atoms with Crippen LogP contribution in [0.4, 0.5) is 5.69 Å². The van der Waals surface area contributed by atoms with Crippen molar-refractivity contribution in [1.82, 2.24) is 14.9 Å². The zero-order valence-electron chi connectivity index (χ0n) is 17.8. The van der Waals surface area contributed by atoms with Gasteiger partial charge in [0.2, 0.25) is 5.91 Å². The average Bonchev–Trinajstić information content (AvgIpc) is 3.12. The fourth-order valence-electron chi connectivity index (χ4n) is 3.93. The van der Waals surface area contributed by atoms with Gasteiger partial charge >= 0.3 is 5.97 Å². The molecule has 3 heterocycles. The molecule has 0 saturated carbocycles. The number of aromatic hydroxyl groups is 1. The lowest BCUT2D eigenvalue weighted by Crippen LogP contribution is -2.38. The summed E-state index contributed by atoms with van der Waals surface area (Å²) in [5.41, 5.74) is 0.715. The van der Waals surface area contributed by atoms with Crippen LogP contribution in [0, 0.1) is 12.8 Å². The first-order valence-electron chi connectivity index (χ1n) is 10.3. The van der Waals surface area contributed by atoms with Gasteiger partial charge < -0.3 is 20.1 Å². The number of H-pyrrole nitrogens is 1. The molecule has 1 aliphatic heterocycles. The van der Waals surface area contributed by atoms with Crippen LogP contribution >= 0.6 is 11.3 Å². The number of para-hydroxylation sites is 2. The molecule has 0 bridgehead atoms. The zero-order chi connectivity index (χ0) is 22.8. The first kappa shape index (κ1) is 22.0. The van der Waals surface area contributed by atoms with E-state index >= 15 is 0 Å². The highest BCUT2D eigenvalue weighted by molar-refractivity contribution is 7.20. The van der Waals surface area contributed by atoms with Gasteiger partial charge in [-0.15, -0.1) is 11.3 Å². The van der Waals surface area contributed by atoms with E-state index in [0.717, 1.165) is 11.3 Å². The second kappa shape index (κ2) is 9.09. The number of fused-ring (bicyclic) bond motifs is 1. The number of phenolic OH excluding ortho intramolecular Hbond substituents is 1. The minimum atomic E-state index is -0.476. The van der Waals surface area contributed by atoms with Crippen LogP contribution in [0.15, 0.2) is 29.1 Å². The Morgan fingerprint density at radius 2 is 2.03 bits per heavy atom. The number of nitrogens with one attached hydrogen (secondary N) is 2. The molecule has 0 radical (unpaired) electrons. The number of aromatic amines is 1. The number of rotatable bonds is 5. The van der Waals surface area contributed by atoms with Crippen LogP contribution < -0.4 is 10.9 Å². The fourth-order valence-corrected chi connectivity index (χ4v) is 5.05. The Labute approximate surface area is 188 Å². The molecule has 1 fully saturated rings. The molecule has 9 nitrogen and oxygen atoms in total. The van der Waals surface area contributed by atoms with Crippen molar-refractivity contribution < 1.29 is 19.4 Å². The Balaban J connectivity index is 1.41. The molecule has 0 atom stereocenters. The number of benzene rings is 1. The minimum absolute atomic E-state index is 0.0443. The van der Waals surface area contributed by atoms with E-state index in [9.17, 15) is 19.5 Å². The number of phenols is 1. The smallest absolute Gasteiger partial charge is 0.348 e. The molecule has 3 N–H and O–H groups in total. The minimum Gasteiger partial charge on any atom is -0.506 e. The van der Waals surface area contributed by atoms with Crippen LogP contribution in [0.5, 0.6) is 5.75 Å². The van der Waals surface area contributed by atoms with Crippen molar-refractivity contribution in [2.75, 3.05) is 25.5 Å². The van der Waals surface area contributed by atoms with Crippen LogP contribution in [0.3, 0.4) is 0 Å². The van der Waals surface area contributed by atoms with E-state index in [1.54, 1.807) is 25.1 Å². The molecule has 2 aromatic heterocycles. The normalized spacial score (nSPS) is 15.1. The van der Waals surface area contributed by atoms with Gasteiger partial charge in [0.25, 0.3) is 5.56 Å². The Morgan fingerprint density at radius 3 is 2.72 bits per heavy atom. The fraction of sp³-hybridized carbons (Fsp3) is 0.364. The van der Waals surface area contributed by atoms with Crippen molar-refractivity contribution in [3.05, 3.63) is 50.9 Å². The number of hydrogen-bond acceptors (Lipinski definition) is 8. The summed E-state index contributed by atoms with van der Waals surface area (Å²) >= 11 is 1.16. The summed E-state index contributed by atoms with van der Waals surface area (Å²) in [5, 5.41) is 13.0. The number of amides is 1. The zero-order valence-corrected chi connectivity index (χ0v) is 18.6. The number of aromatic nitrogens is 2. The SMILES string of the molecule is COC(=O)c1sc2nc(CN3CCC(C(=O)Nc4ccccc4O)CC3)[nH]c(=O)c2c1C.